The summed E-state index contributed by atoms with van der Waals surface area (Å²) < 4.78 is 24.2. The third-order valence-electron chi connectivity index (χ3n) is 4.65. The average molecular weight is 343 g/mol. The number of fused-ring (bicyclic) bond motifs is 1. The molecule has 7 heteroatoms. The SMILES string of the molecule is CCc1nc(C2CCCCN2C(=O)c2ccc(F)c3occc23)no1. The number of hydrogen-bond acceptors (Lipinski definition) is 5. The van der Waals surface area contributed by atoms with E-state index in [1.807, 2.05) is 6.92 Å². The quantitative estimate of drug-likeness (QED) is 0.721. The van der Waals surface area contributed by atoms with Crippen molar-refractivity contribution in [1.29, 1.82) is 0 Å². The molecule has 1 saturated heterocycles. The van der Waals surface area contributed by atoms with Crippen molar-refractivity contribution in [2.24, 2.45) is 0 Å². The molecule has 0 bridgehead atoms. The lowest BCUT2D eigenvalue weighted by molar-refractivity contribution is 0.0599. The molecule has 2 aromatic heterocycles. The lowest BCUT2D eigenvalue weighted by Crippen LogP contribution is -2.39. The number of likely N-dealkylation sites (tertiary alicyclic amines) is 1. The maximum atomic E-state index is 13.8. The number of halogens is 1. The third-order valence-corrected chi connectivity index (χ3v) is 4.65. The van der Waals surface area contributed by atoms with Crippen molar-refractivity contribution in [3.8, 4) is 0 Å². The molecule has 0 N–H and O–H groups in total. The topological polar surface area (TPSA) is 72.4 Å². The lowest BCUT2D eigenvalue weighted by atomic mass is 9.99. The standard InChI is InChI=1S/C18H18FN3O3/c1-2-15-20-17(21-25-15)14-5-3-4-9-22(14)18(23)12-6-7-13(19)16-11(12)8-10-24-16/h6-8,10,14H,2-5,9H2,1H3. The fourth-order valence-corrected chi connectivity index (χ4v) is 3.36. The van der Waals surface area contributed by atoms with E-state index in [4.69, 9.17) is 8.94 Å². The molecule has 0 aliphatic carbocycles. The molecule has 0 radical (unpaired) electrons. The van der Waals surface area contributed by atoms with Gasteiger partial charge in [0.05, 0.1) is 17.9 Å². The van der Waals surface area contributed by atoms with E-state index < -0.39 is 5.82 Å². The van der Waals surface area contributed by atoms with Crippen LogP contribution in [0, 0.1) is 5.82 Å². The Morgan fingerprint density at radius 2 is 2.24 bits per heavy atom. The van der Waals surface area contributed by atoms with E-state index in [9.17, 15) is 9.18 Å². The van der Waals surface area contributed by atoms with E-state index in [2.05, 4.69) is 10.1 Å². The van der Waals surface area contributed by atoms with Crippen LogP contribution < -0.4 is 0 Å². The van der Waals surface area contributed by atoms with E-state index in [1.54, 1.807) is 11.0 Å². The molecule has 1 aliphatic heterocycles. The van der Waals surface area contributed by atoms with Gasteiger partial charge in [-0.15, -0.1) is 0 Å². The van der Waals surface area contributed by atoms with Gasteiger partial charge in [0.15, 0.2) is 17.2 Å². The number of benzene rings is 1. The zero-order valence-corrected chi connectivity index (χ0v) is 13.9. The first-order valence-electron chi connectivity index (χ1n) is 8.48. The number of carbonyl (C=O) groups excluding carboxylic acids is 1. The van der Waals surface area contributed by atoms with Crippen LogP contribution in [0.15, 0.2) is 33.4 Å². The second-order valence-electron chi connectivity index (χ2n) is 6.17. The zero-order valence-electron chi connectivity index (χ0n) is 13.9. The van der Waals surface area contributed by atoms with Crippen molar-refractivity contribution in [2.75, 3.05) is 6.54 Å². The first-order valence-corrected chi connectivity index (χ1v) is 8.48. The van der Waals surface area contributed by atoms with Crippen LogP contribution in [-0.4, -0.2) is 27.5 Å². The Kier molecular flexibility index (Phi) is 3.99. The maximum Gasteiger partial charge on any atom is 0.255 e. The fourth-order valence-electron chi connectivity index (χ4n) is 3.36. The molecular formula is C18H18FN3O3. The fraction of sp³-hybridized carbons (Fsp3) is 0.389. The van der Waals surface area contributed by atoms with Gasteiger partial charge in [-0.25, -0.2) is 4.39 Å². The molecule has 1 aromatic carbocycles. The summed E-state index contributed by atoms with van der Waals surface area (Å²) in [5.41, 5.74) is 0.531. The van der Waals surface area contributed by atoms with Crippen LogP contribution in [0.4, 0.5) is 4.39 Å². The van der Waals surface area contributed by atoms with Gasteiger partial charge in [0.1, 0.15) is 0 Å². The minimum atomic E-state index is -0.475. The summed E-state index contributed by atoms with van der Waals surface area (Å²) in [6, 6.07) is 4.17. The van der Waals surface area contributed by atoms with Gasteiger partial charge >= 0.3 is 0 Å². The molecule has 3 aromatic rings. The largest absolute Gasteiger partial charge is 0.461 e. The Hall–Kier alpha value is -2.70. The van der Waals surface area contributed by atoms with Gasteiger partial charge < -0.3 is 13.8 Å². The Morgan fingerprint density at radius 3 is 3.04 bits per heavy atom. The second kappa shape index (κ2) is 6.31. The average Bonchev–Trinajstić information content (AvgIpc) is 3.31. The van der Waals surface area contributed by atoms with E-state index >= 15 is 0 Å². The summed E-state index contributed by atoms with van der Waals surface area (Å²) in [5.74, 6) is 0.457. The van der Waals surface area contributed by atoms with Gasteiger partial charge in [-0.2, -0.15) is 4.98 Å². The Morgan fingerprint density at radius 1 is 1.36 bits per heavy atom. The normalized spacial score (nSPS) is 18.0. The van der Waals surface area contributed by atoms with Gasteiger partial charge in [0.2, 0.25) is 5.89 Å². The van der Waals surface area contributed by atoms with Gasteiger partial charge in [0.25, 0.3) is 5.91 Å². The number of aromatic nitrogens is 2. The van der Waals surface area contributed by atoms with Crippen LogP contribution in [0.3, 0.4) is 0 Å². The molecule has 1 aliphatic rings. The highest BCUT2D eigenvalue weighted by atomic mass is 19.1. The molecule has 0 saturated carbocycles. The van der Waals surface area contributed by atoms with Crippen molar-refractivity contribution in [3.63, 3.8) is 0 Å². The number of carbonyl (C=O) groups is 1. The smallest absolute Gasteiger partial charge is 0.255 e. The maximum absolute atomic E-state index is 13.8. The van der Waals surface area contributed by atoms with Crippen LogP contribution in [0.2, 0.25) is 0 Å². The minimum absolute atomic E-state index is 0.104. The molecule has 25 heavy (non-hydrogen) atoms. The molecule has 130 valence electrons. The van der Waals surface area contributed by atoms with Gasteiger partial charge in [-0.1, -0.05) is 12.1 Å². The van der Waals surface area contributed by atoms with Gasteiger partial charge in [0, 0.05) is 18.4 Å². The molecule has 0 spiro atoms. The molecule has 4 rings (SSSR count). The second-order valence-corrected chi connectivity index (χ2v) is 6.17. The number of hydrogen-bond donors (Lipinski definition) is 0. The molecule has 1 atom stereocenters. The first kappa shape index (κ1) is 15.8. The molecule has 1 unspecified atom stereocenters. The monoisotopic (exact) mass is 343 g/mol. The Labute approximate surface area is 143 Å². The van der Waals surface area contributed by atoms with E-state index in [-0.39, 0.29) is 17.5 Å². The Bertz CT molecular complexity index is 917. The molecule has 6 nitrogen and oxygen atoms in total. The number of amides is 1. The third kappa shape index (κ3) is 2.69. The number of nitrogens with zero attached hydrogens (tertiary/aromatic N) is 3. The van der Waals surface area contributed by atoms with Crippen molar-refractivity contribution in [3.05, 3.63) is 47.6 Å². The molecule has 1 amide bonds. The lowest BCUT2D eigenvalue weighted by Gasteiger charge is -2.34. The van der Waals surface area contributed by atoms with E-state index in [1.165, 1.54) is 18.4 Å². The highest BCUT2D eigenvalue weighted by Crippen LogP contribution is 2.32. The Balaban J connectivity index is 1.71. The van der Waals surface area contributed by atoms with Gasteiger partial charge in [-0.05, 0) is 37.5 Å². The summed E-state index contributed by atoms with van der Waals surface area (Å²) in [6.45, 7) is 2.55. The first-order chi connectivity index (χ1) is 12.2. The van der Waals surface area contributed by atoms with Crippen LogP contribution in [0.5, 0.6) is 0 Å². The molecule has 3 heterocycles. The van der Waals surface area contributed by atoms with Crippen molar-refractivity contribution in [2.45, 2.75) is 38.6 Å². The van der Waals surface area contributed by atoms with Gasteiger partial charge in [-0.3, -0.25) is 4.79 Å². The molecular weight excluding hydrogens is 325 g/mol. The van der Waals surface area contributed by atoms with Crippen LogP contribution >= 0.6 is 0 Å². The number of aryl methyl sites for hydroxylation is 1. The summed E-state index contributed by atoms with van der Waals surface area (Å²) in [4.78, 5) is 19.3. The number of piperidine rings is 1. The summed E-state index contributed by atoms with van der Waals surface area (Å²) in [5, 5.41) is 4.53. The predicted molar refractivity (Wildman–Crippen MR) is 87.5 cm³/mol. The zero-order chi connectivity index (χ0) is 17.4. The van der Waals surface area contributed by atoms with E-state index in [0.717, 1.165) is 19.3 Å². The summed E-state index contributed by atoms with van der Waals surface area (Å²) >= 11 is 0. The highest BCUT2D eigenvalue weighted by molar-refractivity contribution is 6.06. The number of rotatable bonds is 3. The highest BCUT2D eigenvalue weighted by Gasteiger charge is 2.33. The van der Waals surface area contributed by atoms with Crippen molar-refractivity contribution in [1.82, 2.24) is 15.0 Å². The molecule has 1 fully saturated rings. The number of furan rings is 1. The minimum Gasteiger partial charge on any atom is -0.461 e. The summed E-state index contributed by atoms with van der Waals surface area (Å²) in [6.07, 6.45) is 4.74. The van der Waals surface area contributed by atoms with E-state index in [0.29, 0.717) is 35.6 Å². The summed E-state index contributed by atoms with van der Waals surface area (Å²) in [7, 11) is 0. The van der Waals surface area contributed by atoms with Crippen molar-refractivity contribution < 1.29 is 18.1 Å². The van der Waals surface area contributed by atoms with Crippen LogP contribution in [-0.2, 0) is 6.42 Å². The van der Waals surface area contributed by atoms with Crippen LogP contribution in [0.25, 0.3) is 11.0 Å². The van der Waals surface area contributed by atoms with Crippen molar-refractivity contribution >= 4 is 16.9 Å². The predicted octanol–water partition coefficient (Wildman–Crippen LogP) is 3.88. The van der Waals surface area contributed by atoms with Crippen LogP contribution in [0.1, 0.15) is 54.3 Å².